The van der Waals surface area contributed by atoms with Gasteiger partial charge in [-0.3, -0.25) is 4.57 Å². The molecule has 0 amide bonds. The lowest BCUT2D eigenvalue weighted by atomic mass is 10.1. The molecule has 1 unspecified atom stereocenters. The fraction of sp³-hybridized carbons (Fsp3) is 0.273. The summed E-state index contributed by atoms with van der Waals surface area (Å²) in [5, 5.41) is 9.49. The summed E-state index contributed by atoms with van der Waals surface area (Å²) >= 11 is 1.56. The molecule has 4 nitrogen and oxygen atoms in total. The third-order valence-electron chi connectivity index (χ3n) is 4.34. The number of halogens is 1. The number of ether oxygens (including phenoxy) is 1. The molecule has 2 aromatic carbocycles. The third kappa shape index (κ3) is 4.81. The van der Waals surface area contributed by atoms with Crippen molar-refractivity contribution in [1.29, 1.82) is 0 Å². The van der Waals surface area contributed by atoms with Crippen LogP contribution in [0, 0.1) is 19.7 Å². The summed E-state index contributed by atoms with van der Waals surface area (Å²) in [6.45, 7) is 10.5. The minimum Gasteiger partial charge on any atom is -0.482 e. The van der Waals surface area contributed by atoms with Gasteiger partial charge in [-0.2, -0.15) is 0 Å². The summed E-state index contributed by atoms with van der Waals surface area (Å²) in [6, 6.07) is 12.6. The lowest BCUT2D eigenvalue weighted by Crippen LogP contribution is -2.12. The van der Waals surface area contributed by atoms with Crippen LogP contribution < -0.4 is 4.74 Å². The van der Waals surface area contributed by atoms with Crippen LogP contribution in [0.15, 0.2) is 60.3 Å². The molecule has 0 saturated carbocycles. The number of rotatable bonds is 8. The third-order valence-corrected chi connectivity index (χ3v) is 5.37. The van der Waals surface area contributed by atoms with Gasteiger partial charge in [0.05, 0.1) is 0 Å². The highest BCUT2D eigenvalue weighted by Gasteiger charge is 2.19. The zero-order valence-electron chi connectivity index (χ0n) is 16.4. The SMILES string of the molecule is C=CCn1c(SCc2ccc(F)cc2)nnc1C(C)Oc1ccc(C)cc1C. The van der Waals surface area contributed by atoms with E-state index < -0.39 is 0 Å². The van der Waals surface area contributed by atoms with E-state index in [2.05, 4.69) is 29.8 Å². The molecule has 0 radical (unpaired) electrons. The molecule has 0 spiro atoms. The van der Waals surface area contributed by atoms with Crippen molar-refractivity contribution in [3.63, 3.8) is 0 Å². The highest BCUT2D eigenvalue weighted by Crippen LogP contribution is 2.28. The van der Waals surface area contributed by atoms with Gasteiger partial charge in [0.2, 0.25) is 0 Å². The van der Waals surface area contributed by atoms with Gasteiger partial charge in [-0.15, -0.1) is 16.8 Å². The second kappa shape index (κ2) is 9.06. The van der Waals surface area contributed by atoms with Crippen molar-refractivity contribution in [1.82, 2.24) is 14.8 Å². The van der Waals surface area contributed by atoms with Gasteiger partial charge in [-0.1, -0.05) is 47.7 Å². The molecule has 0 fully saturated rings. The Bertz CT molecular complexity index is 953. The maximum atomic E-state index is 13.1. The van der Waals surface area contributed by atoms with Crippen LogP contribution >= 0.6 is 11.8 Å². The molecule has 0 aliphatic carbocycles. The summed E-state index contributed by atoms with van der Waals surface area (Å²) in [6.07, 6.45) is 1.56. The summed E-state index contributed by atoms with van der Waals surface area (Å²) in [5.41, 5.74) is 3.32. The second-order valence-electron chi connectivity index (χ2n) is 6.68. The standard InChI is InChI=1S/C22H24FN3OS/c1-5-12-26-21(17(4)27-20-11-6-15(2)13-16(20)3)24-25-22(26)28-14-18-7-9-19(23)10-8-18/h5-11,13,17H,1,12,14H2,2-4H3. The molecular weight excluding hydrogens is 373 g/mol. The summed E-state index contributed by atoms with van der Waals surface area (Å²) in [4.78, 5) is 0. The van der Waals surface area contributed by atoms with Crippen LogP contribution in [0.2, 0.25) is 0 Å². The fourth-order valence-corrected chi connectivity index (χ4v) is 3.82. The van der Waals surface area contributed by atoms with Gasteiger partial charge in [0.1, 0.15) is 11.6 Å². The molecule has 1 atom stereocenters. The van der Waals surface area contributed by atoms with Gasteiger partial charge in [-0.25, -0.2) is 4.39 Å². The monoisotopic (exact) mass is 397 g/mol. The smallest absolute Gasteiger partial charge is 0.191 e. The van der Waals surface area contributed by atoms with Gasteiger partial charge in [0.15, 0.2) is 17.1 Å². The first-order chi connectivity index (χ1) is 13.5. The molecule has 3 rings (SSSR count). The lowest BCUT2D eigenvalue weighted by Gasteiger charge is -2.17. The van der Waals surface area contributed by atoms with Gasteiger partial charge in [0.25, 0.3) is 0 Å². The quantitative estimate of drug-likeness (QED) is 0.364. The van der Waals surface area contributed by atoms with E-state index in [0.717, 1.165) is 27.9 Å². The normalized spacial score (nSPS) is 12.0. The maximum absolute atomic E-state index is 13.1. The predicted octanol–water partition coefficient (Wildman–Crippen LogP) is 5.65. The van der Waals surface area contributed by atoms with Crippen molar-refractivity contribution >= 4 is 11.8 Å². The zero-order chi connectivity index (χ0) is 20.1. The van der Waals surface area contributed by atoms with Gasteiger partial charge >= 0.3 is 0 Å². The molecule has 0 N–H and O–H groups in total. The van der Waals surface area contributed by atoms with Crippen molar-refractivity contribution in [2.45, 2.75) is 44.3 Å². The second-order valence-corrected chi connectivity index (χ2v) is 7.63. The van der Waals surface area contributed by atoms with E-state index in [1.54, 1.807) is 23.9 Å². The van der Waals surface area contributed by atoms with Crippen LogP contribution in [0.5, 0.6) is 5.75 Å². The van der Waals surface area contributed by atoms with E-state index in [9.17, 15) is 4.39 Å². The molecule has 0 aliphatic heterocycles. The summed E-state index contributed by atoms with van der Waals surface area (Å²) < 4.78 is 21.2. The Labute approximate surface area is 169 Å². The van der Waals surface area contributed by atoms with E-state index in [-0.39, 0.29) is 11.9 Å². The number of aromatic nitrogens is 3. The van der Waals surface area contributed by atoms with E-state index >= 15 is 0 Å². The van der Waals surface area contributed by atoms with E-state index in [1.165, 1.54) is 17.7 Å². The molecule has 0 bridgehead atoms. The number of thioether (sulfide) groups is 1. The average molecular weight is 398 g/mol. The van der Waals surface area contributed by atoms with Crippen molar-refractivity contribution < 1.29 is 9.13 Å². The van der Waals surface area contributed by atoms with Crippen molar-refractivity contribution in [2.75, 3.05) is 0 Å². The van der Waals surface area contributed by atoms with Crippen LogP contribution in [-0.4, -0.2) is 14.8 Å². The summed E-state index contributed by atoms with van der Waals surface area (Å²) in [7, 11) is 0. The number of hydrogen-bond donors (Lipinski definition) is 0. The molecular formula is C22H24FN3OS. The van der Waals surface area contributed by atoms with Crippen molar-refractivity contribution in [3.05, 3.63) is 83.5 Å². The Hall–Kier alpha value is -2.60. The Morgan fingerprint density at radius 3 is 2.61 bits per heavy atom. The van der Waals surface area contributed by atoms with E-state index in [4.69, 9.17) is 4.74 Å². The molecule has 28 heavy (non-hydrogen) atoms. The number of benzene rings is 2. The Morgan fingerprint density at radius 1 is 1.18 bits per heavy atom. The predicted molar refractivity (Wildman–Crippen MR) is 111 cm³/mol. The van der Waals surface area contributed by atoms with Gasteiger partial charge < -0.3 is 4.74 Å². The van der Waals surface area contributed by atoms with Crippen LogP contribution in [0.1, 0.15) is 35.5 Å². The maximum Gasteiger partial charge on any atom is 0.191 e. The first-order valence-corrected chi connectivity index (χ1v) is 10.1. The number of nitrogens with zero attached hydrogens (tertiary/aromatic N) is 3. The largest absolute Gasteiger partial charge is 0.482 e. The molecule has 1 heterocycles. The summed E-state index contributed by atoms with van der Waals surface area (Å²) in [5.74, 6) is 2.04. The van der Waals surface area contributed by atoms with Crippen LogP contribution in [-0.2, 0) is 12.3 Å². The first kappa shape index (κ1) is 20.1. The van der Waals surface area contributed by atoms with E-state index in [0.29, 0.717) is 12.3 Å². The number of aryl methyl sites for hydroxylation is 2. The molecule has 3 aromatic rings. The minimum absolute atomic E-state index is 0.233. The molecule has 6 heteroatoms. The molecule has 0 aliphatic rings. The van der Waals surface area contributed by atoms with Crippen LogP contribution in [0.25, 0.3) is 0 Å². The molecule has 0 saturated heterocycles. The topological polar surface area (TPSA) is 39.9 Å². The van der Waals surface area contributed by atoms with Gasteiger partial charge in [0, 0.05) is 12.3 Å². The average Bonchev–Trinajstić information content (AvgIpc) is 3.07. The van der Waals surface area contributed by atoms with Crippen molar-refractivity contribution in [3.8, 4) is 5.75 Å². The molecule has 146 valence electrons. The Balaban J connectivity index is 1.77. The Kier molecular flexibility index (Phi) is 6.52. The Morgan fingerprint density at radius 2 is 1.93 bits per heavy atom. The van der Waals surface area contributed by atoms with Gasteiger partial charge in [-0.05, 0) is 50.1 Å². The number of hydrogen-bond acceptors (Lipinski definition) is 4. The number of allylic oxidation sites excluding steroid dienone is 1. The fourth-order valence-electron chi connectivity index (χ4n) is 2.91. The lowest BCUT2D eigenvalue weighted by molar-refractivity contribution is 0.209. The minimum atomic E-state index is -0.256. The highest BCUT2D eigenvalue weighted by atomic mass is 32.2. The highest BCUT2D eigenvalue weighted by molar-refractivity contribution is 7.98. The molecule has 1 aromatic heterocycles. The first-order valence-electron chi connectivity index (χ1n) is 9.13. The van der Waals surface area contributed by atoms with Crippen LogP contribution in [0.4, 0.5) is 4.39 Å². The van der Waals surface area contributed by atoms with E-state index in [1.807, 2.05) is 36.6 Å². The van der Waals surface area contributed by atoms with Crippen molar-refractivity contribution in [2.24, 2.45) is 0 Å². The zero-order valence-corrected chi connectivity index (χ0v) is 17.2. The van der Waals surface area contributed by atoms with Crippen LogP contribution in [0.3, 0.4) is 0 Å².